The monoisotopic (exact) mass is 774 g/mol. The number of aromatic hydroxyl groups is 1. The molecule has 2 atom stereocenters. The van der Waals surface area contributed by atoms with Crippen molar-refractivity contribution in [2.24, 2.45) is 5.92 Å². The van der Waals surface area contributed by atoms with Crippen LogP contribution in [0.15, 0.2) is 112 Å². The summed E-state index contributed by atoms with van der Waals surface area (Å²) in [4.78, 5) is 5.60. The van der Waals surface area contributed by atoms with Crippen LogP contribution in [0.25, 0.3) is 39.0 Å². The number of imidazole rings is 1. The van der Waals surface area contributed by atoms with Crippen molar-refractivity contribution in [2.45, 2.75) is 24.7 Å². The number of phenols is 1. The Morgan fingerprint density at radius 2 is 1.26 bits per heavy atom. The first-order valence-electron chi connectivity index (χ1n) is 22.1. The van der Waals surface area contributed by atoms with E-state index in [0.717, 1.165) is 38.9 Å². The van der Waals surface area contributed by atoms with Crippen LogP contribution in [0.4, 0.5) is 0 Å². The molecule has 1 heterocycles. The summed E-state index contributed by atoms with van der Waals surface area (Å²) >= 11 is 0. The molecule has 4 aliphatic carbocycles. The number of hydrogen-bond donors (Lipinski definition) is 1. The number of phenolic OH excluding ortho intramolecular Hbond substituents is 1. The second-order valence-electron chi connectivity index (χ2n) is 19.2. The van der Waals surface area contributed by atoms with Crippen molar-refractivity contribution in [3.63, 3.8) is 0 Å². The number of hydrogen-bond acceptors (Lipinski definition) is 2. The topological polar surface area (TPSA) is 38.1 Å². The molecule has 0 bridgehead atoms. The fourth-order valence-corrected chi connectivity index (χ4v) is 12.2. The molecule has 0 saturated heterocycles. The minimum absolute atomic E-state index is 0.155. The molecule has 0 radical (unpaired) electrons. The zero-order chi connectivity index (χ0) is 43.3. The molecule has 10 rings (SSSR count). The van der Waals surface area contributed by atoms with E-state index < -0.39 is 5.41 Å². The van der Waals surface area contributed by atoms with Gasteiger partial charge in [0.2, 0.25) is 0 Å². The first-order chi connectivity index (χ1) is 29.0. The van der Waals surface area contributed by atoms with Crippen molar-refractivity contribution in [3.05, 3.63) is 146 Å². The van der Waals surface area contributed by atoms with Crippen LogP contribution in [-0.2, 0) is 10.8 Å². The zero-order valence-corrected chi connectivity index (χ0v) is 38.5. The van der Waals surface area contributed by atoms with Crippen molar-refractivity contribution in [1.29, 1.82) is 0 Å². The molecule has 0 amide bonds. The van der Waals surface area contributed by atoms with Crippen LogP contribution >= 0.6 is 0 Å². The second-order valence-corrected chi connectivity index (χ2v) is 19.2. The van der Waals surface area contributed by atoms with Crippen LogP contribution in [0, 0.1) is 5.92 Å². The lowest BCUT2D eigenvalue weighted by Gasteiger charge is -2.47. The third kappa shape index (κ3) is 4.95. The molecule has 6 aromatic rings. The average molecular weight is 773 g/mol. The van der Waals surface area contributed by atoms with Gasteiger partial charge in [0.1, 0.15) is 106 Å². The van der Waals surface area contributed by atoms with Gasteiger partial charge in [-0.05, 0) is 62.7 Å². The Labute approximate surface area is 372 Å². The third-order valence-electron chi connectivity index (χ3n) is 16.5. The average Bonchev–Trinajstić information content (AvgIpc) is 4.02. The maximum Gasteiger partial charge on any atom is 0.143 e. The third-order valence-corrected chi connectivity index (χ3v) is 16.5. The van der Waals surface area contributed by atoms with Crippen molar-refractivity contribution in [3.8, 4) is 22.6 Å². The molecule has 15 heteroatoms. The van der Waals surface area contributed by atoms with E-state index in [4.69, 9.17) is 4.98 Å². The van der Waals surface area contributed by atoms with E-state index in [1.165, 1.54) is 105 Å². The number of allylic oxidation sites excluding steroid dienone is 9. The maximum atomic E-state index is 13.0. The Morgan fingerprint density at radius 1 is 0.639 bits per heavy atom. The van der Waals surface area contributed by atoms with Crippen molar-refractivity contribution < 1.29 is 5.11 Å². The van der Waals surface area contributed by atoms with Gasteiger partial charge in [-0.2, -0.15) is 0 Å². The summed E-state index contributed by atoms with van der Waals surface area (Å²) in [5, 5.41) is 13.0. The number of para-hydroxylation sites is 2. The Balaban J connectivity index is 1.32. The summed E-state index contributed by atoms with van der Waals surface area (Å²) in [5.74, 6) is 1.20. The highest BCUT2D eigenvalue weighted by molar-refractivity contribution is 6.68. The highest BCUT2D eigenvalue weighted by Gasteiger charge is 2.57. The Kier molecular flexibility index (Phi) is 8.79. The molecule has 4 aliphatic rings. The van der Waals surface area contributed by atoms with Gasteiger partial charge in [0.05, 0.1) is 11.0 Å². The van der Waals surface area contributed by atoms with Crippen molar-refractivity contribution >= 4 is 160 Å². The van der Waals surface area contributed by atoms with Gasteiger partial charge in [0, 0.05) is 33.6 Å². The molecular weight excluding hydrogens is 726 g/mol. The minimum Gasteiger partial charge on any atom is -0.508 e. The molecule has 3 nitrogen and oxygen atoms in total. The zero-order valence-electron chi connectivity index (χ0n) is 38.5. The van der Waals surface area contributed by atoms with E-state index >= 15 is 0 Å². The lowest BCUT2D eigenvalue weighted by Crippen LogP contribution is -2.56. The molecule has 2 unspecified atom stereocenters. The van der Waals surface area contributed by atoms with Crippen LogP contribution in [-0.4, -0.2) is 109 Å². The first kappa shape index (κ1) is 40.0. The highest BCUT2D eigenvalue weighted by Crippen LogP contribution is 2.65. The van der Waals surface area contributed by atoms with Crippen LogP contribution in [0.1, 0.15) is 47.5 Å². The first-order valence-corrected chi connectivity index (χ1v) is 22.1. The lowest BCUT2D eigenvalue weighted by molar-refractivity contribution is 0.448. The van der Waals surface area contributed by atoms with E-state index in [2.05, 4.69) is 198 Å². The summed E-state index contributed by atoms with van der Waals surface area (Å²) < 4.78 is 2.45. The Bertz CT molecular complexity index is 3200. The summed E-state index contributed by atoms with van der Waals surface area (Å²) in [6, 6.07) is 24.7. The fraction of sp³-hybridized carbons (Fsp3) is 0.109. The van der Waals surface area contributed by atoms with Gasteiger partial charge in [0.15, 0.2) is 0 Å². The highest BCUT2D eigenvalue weighted by atomic mass is 16.3. The molecule has 0 saturated carbocycles. The second kappa shape index (κ2) is 13.4. The smallest absolute Gasteiger partial charge is 0.143 e. The molecule has 0 fully saturated rings. The molecule has 5 aromatic carbocycles. The summed E-state index contributed by atoms with van der Waals surface area (Å²) in [5.41, 5.74) is 30.0. The summed E-state index contributed by atoms with van der Waals surface area (Å²) in [7, 11) is 27.2. The predicted octanol–water partition coefficient (Wildman–Crippen LogP) is -7.60. The molecular formula is C46H46B12N2O. The van der Waals surface area contributed by atoms with Gasteiger partial charge < -0.3 is 5.11 Å². The van der Waals surface area contributed by atoms with Gasteiger partial charge in [-0.15, -0.1) is 21.9 Å². The summed E-state index contributed by atoms with van der Waals surface area (Å²) in [6.45, 7) is 4.74. The van der Waals surface area contributed by atoms with E-state index in [-0.39, 0.29) is 11.3 Å². The van der Waals surface area contributed by atoms with Crippen LogP contribution in [0.5, 0.6) is 5.75 Å². The normalized spacial score (nSPS) is 19.7. The SMILES string of the molecule is BC1=C(B)C2=C(c3ccc4c(c3)C(C)(C)c3ccccc3-4)c3c(B)c(B)c(B)c(O)c3C2(C2C=CC=C2c2nc3ccccc3n2-c2c(B)c(B)c(B)c(B)c2B)C(B)=C1B. The van der Waals surface area contributed by atoms with E-state index in [0.29, 0.717) is 5.75 Å². The summed E-state index contributed by atoms with van der Waals surface area (Å²) in [6.07, 6.45) is 6.98. The number of rotatable bonds is 4. The molecule has 0 spiro atoms. The quantitative estimate of drug-likeness (QED) is 0.181. The fourth-order valence-electron chi connectivity index (χ4n) is 12.2. The molecule has 0 aliphatic heterocycles. The van der Waals surface area contributed by atoms with E-state index in [9.17, 15) is 5.11 Å². The van der Waals surface area contributed by atoms with Crippen molar-refractivity contribution in [1.82, 2.24) is 9.55 Å². The lowest BCUT2D eigenvalue weighted by atomic mass is 9.45. The largest absolute Gasteiger partial charge is 0.508 e. The number of benzene rings is 5. The Morgan fingerprint density at radius 3 is 1.98 bits per heavy atom. The Hall–Kier alpha value is -5.15. The number of aromatic nitrogens is 2. The number of nitrogens with zero attached hydrogens (tertiary/aromatic N) is 2. The minimum atomic E-state index is -0.714. The number of fused-ring (bicyclic) bond motifs is 7. The molecule has 282 valence electrons. The van der Waals surface area contributed by atoms with E-state index in [1.54, 1.807) is 0 Å². The van der Waals surface area contributed by atoms with Gasteiger partial charge in [-0.1, -0.05) is 124 Å². The van der Waals surface area contributed by atoms with Gasteiger partial charge >= 0.3 is 0 Å². The van der Waals surface area contributed by atoms with Gasteiger partial charge in [0.25, 0.3) is 0 Å². The van der Waals surface area contributed by atoms with Crippen molar-refractivity contribution in [2.75, 3.05) is 0 Å². The molecule has 1 N–H and O–H groups in total. The molecule has 1 aromatic heterocycles. The van der Waals surface area contributed by atoms with Crippen LogP contribution < -0.4 is 43.7 Å². The van der Waals surface area contributed by atoms with Gasteiger partial charge in [-0.3, -0.25) is 4.57 Å². The predicted molar refractivity (Wildman–Crippen MR) is 295 cm³/mol. The van der Waals surface area contributed by atoms with Gasteiger partial charge in [-0.25, -0.2) is 4.98 Å². The molecule has 61 heavy (non-hydrogen) atoms. The standard InChI is InChI=1S/C46H46B12N2O/c1-45(2)21-10-4-3-8-18(21)19-15-14-17(16-23(19)45)26-27-29(42(61)39(56)32(49)30(27)47)46(28(26)31(48)33(50)40(57)43(46)58)22-11-7-9-20(22)44-59-24-12-5-6-13-25(24)60(44)41-37(54)35(52)34(51)36(53)38(41)55/h3-16,22,61H,47-58H2,1-2H3. The maximum absolute atomic E-state index is 13.0. The van der Waals surface area contributed by atoms with Crippen LogP contribution in [0.2, 0.25) is 0 Å². The van der Waals surface area contributed by atoms with Crippen LogP contribution in [0.3, 0.4) is 0 Å². The van der Waals surface area contributed by atoms with E-state index in [1.807, 2.05) is 0 Å².